The van der Waals surface area contributed by atoms with E-state index >= 15 is 0 Å². The maximum atomic E-state index is 12.3. The van der Waals surface area contributed by atoms with Crippen molar-refractivity contribution in [3.8, 4) is 0 Å². The van der Waals surface area contributed by atoms with Crippen molar-refractivity contribution < 1.29 is 14.7 Å². The lowest BCUT2D eigenvalue weighted by molar-refractivity contribution is -0.124. The third-order valence-corrected chi connectivity index (χ3v) is 4.51. The molecule has 0 aromatic heterocycles. The molecule has 0 saturated heterocycles. The van der Waals surface area contributed by atoms with Crippen molar-refractivity contribution in [2.24, 2.45) is 11.8 Å². The van der Waals surface area contributed by atoms with Crippen molar-refractivity contribution in [2.75, 3.05) is 0 Å². The number of rotatable bonds is 12. The van der Waals surface area contributed by atoms with Crippen LogP contribution in [0.15, 0.2) is 47.6 Å². The largest absolute Gasteiger partial charge is 0.388 e. The Labute approximate surface area is 159 Å². The Hall–Kier alpha value is -1.74. The van der Waals surface area contributed by atoms with Gasteiger partial charge in [-0.05, 0) is 45.1 Å². The van der Waals surface area contributed by atoms with Crippen LogP contribution in [0.3, 0.4) is 0 Å². The average molecular weight is 361 g/mol. The zero-order valence-electron chi connectivity index (χ0n) is 17.3. The van der Waals surface area contributed by atoms with E-state index in [1.165, 1.54) is 12.5 Å². The van der Waals surface area contributed by atoms with Crippen LogP contribution in [0, 0.1) is 11.8 Å². The normalized spacial score (nSPS) is 16.9. The molecule has 0 rings (SSSR count). The van der Waals surface area contributed by atoms with Crippen LogP contribution in [-0.4, -0.2) is 22.8 Å². The van der Waals surface area contributed by atoms with Crippen LogP contribution in [0.4, 0.5) is 0 Å². The first-order valence-corrected chi connectivity index (χ1v) is 9.54. The van der Waals surface area contributed by atoms with Gasteiger partial charge in [0.1, 0.15) is 11.6 Å². The first kappa shape index (κ1) is 24.3. The highest BCUT2D eigenvalue weighted by Crippen LogP contribution is 2.18. The molecule has 3 heteroatoms. The predicted octanol–water partition coefficient (Wildman–Crippen LogP) is 5.36. The molecule has 2 unspecified atom stereocenters. The molecule has 1 N–H and O–H groups in total. The lowest BCUT2D eigenvalue weighted by Gasteiger charge is -2.16. The van der Waals surface area contributed by atoms with E-state index in [0.717, 1.165) is 12.8 Å². The Morgan fingerprint density at radius 3 is 2.27 bits per heavy atom. The minimum atomic E-state index is -0.799. The van der Waals surface area contributed by atoms with Gasteiger partial charge in [-0.15, -0.1) is 0 Å². The molecule has 146 valence electrons. The smallest absolute Gasteiger partial charge is 0.138 e. The quantitative estimate of drug-likeness (QED) is 0.376. The van der Waals surface area contributed by atoms with Gasteiger partial charge in [0.15, 0.2) is 0 Å². The molecule has 0 aromatic rings. The fourth-order valence-electron chi connectivity index (χ4n) is 2.42. The van der Waals surface area contributed by atoms with Gasteiger partial charge in [-0.25, -0.2) is 0 Å². The molecular formula is C23H36O3. The van der Waals surface area contributed by atoms with Crippen molar-refractivity contribution in [2.45, 2.75) is 73.3 Å². The molecule has 0 aliphatic heterocycles. The summed E-state index contributed by atoms with van der Waals surface area (Å²) in [5.74, 6) is 0.300. The van der Waals surface area contributed by atoms with E-state index in [1.807, 2.05) is 25.2 Å². The minimum absolute atomic E-state index is 0.0475. The van der Waals surface area contributed by atoms with Crippen molar-refractivity contribution in [3.63, 3.8) is 0 Å². The molecule has 26 heavy (non-hydrogen) atoms. The van der Waals surface area contributed by atoms with E-state index in [9.17, 15) is 14.7 Å². The van der Waals surface area contributed by atoms with Crippen LogP contribution >= 0.6 is 0 Å². The van der Waals surface area contributed by atoms with Gasteiger partial charge in [-0.2, -0.15) is 0 Å². The molecule has 0 aliphatic rings. The summed E-state index contributed by atoms with van der Waals surface area (Å²) in [5, 5.41) is 10.1. The van der Waals surface area contributed by atoms with Gasteiger partial charge in [-0.1, -0.05) is 62.8 Å². The number of hydrogen-bond donors (Lipinski definition) is 1. The monoisotopic (exact) mass is 360 g/mol. The zero-order chi connectivity index (χ0) is 20.1. The highest BCUT2D eigenvalue weighted by atomic mass is 16.3. The zero-order valence-corrected chi connectivity index (χ0v) is 17.3. The molecule has 0 heterocycles. The number of hydrogen-bond acceptors (Lipinski definition) is 3. The van der Waals surface area contributed by atoms with E-state index < -0.39 is 6.10 Å². The first-order chi connectivity index (χ1) is 12.2. The standard InChI is InChI=1S/C23H36O3/c1-7-17(2)11-9-8-10-12-18(3)15-20(5)23(26)16-22(25)19(4)13-14-21(6)24/h8-13,18,20,22,25H,7,14-16H2,1-6H3/b9-8+,12-10+,17-11+,19-13+/t18-,20?,22?/m1/s1. The van der Waals surface area contributed by atoms with E-state index in [-0.39, 0.29) is 23.9 Å². The van der Waals surface area contributed by atoms with Crippen molar-refractivity contribution >= 4 is 11.6 Å². The van der Waals surface area contributed by atoms with Crippen molar-refractivity contribution in [1.29, 1.82) is 0 Å². The second-order valence-electron chi connectivity index (χ2n) is 7.29. The molecule has 0 radical (unpaired) electrons. The average Bonchev–Trinajstić information content (AvgIpc) is 2.58. The van der Waals surface area contributed by atoms with Crippen LogP contribution in [0.2, 0.25) is 0 Å². The van der Waals surface area contributed by atoms with Gasteiger partial charge >= 0.3 is 0 Å². The Kier molecular flexibility index (Phi) is 12.6. The number of allylic oxidation sites excluding steroid dienone is 7. The van der Waals surface area contributed by atoms with Gasteiger partial charge in [0, 0.05) is 18.8 Å². The molecule has 0 bridgehead atoms. The second kappa shape index (κ2) is 13.5. The van der Waals surface area contributed by atoms with Gasteiger partial charge in [0.25, 0.3) is 0 Å². The molecule has 3 nitrogen and oxygen atoms in total. The Morgan fingerprint density at radius 2 is 1.69 bits per heavy atom. The predicted molar refractivity (Wildman–Crippen MR) is 110 cm³/mol. The Balaban J connectivity index is 4.44. The molecule has 0 fully saturated rings. The van der Waals surface area contributed by atoms with Gasteiger partial charge in [0.2, 0.25) is 0 Å². The molecule has 0 aliphatic carbocycles. The topological polar surface area (TPSA) is 54.4 Å². The van der Waals surface area contributed by atoms with E-state index in [2.05, 4.69) is 32.9 Å². The fourth-order valence-corrected chi connectivity index (χ4v) is 2.42. The number of aliphatic hydroxyl groups excluding tert-OH is 1. The van der Waals surface area contributed by atoms with Crippen LogP contribution in [0.1, 0.15) is 67.2 Å². The SMILES string of the molecule is CC/C(C)=C/C=C/C=C/[C@@H](C)CC(C)C(=O)CC(O)/C(C)=C/CC(C)=O. The lowest BCUT2D eigenvalue weighted by atomic mass is 9.90. The Bertz CT molecular complexity index is 564. The number of carbonyl (C=O) groups excluding carboxylic acids is 2. The van der Waals surface area contributed by atoms with Crippen molar-refractivity contribution in [3.05, 3.63) is 47.6 Å². The number of carbonyl (C=O) groups is 2. The third kappa shape index (κ3) is 11.8. The summed E-state index contributed by atoms with van der Waals surface area (Å²) in [7, 11) is 0. The summed E-state index contributed by atoms with van der Waals surface area (Å²) in [6.45, 7) is 11.5. The van der Waals surface area contributed by atoms with E-state index in [1.54, 1.807) is 13.0 Å². The molecule has 0 amide bonds. The maximum Gasteiger partial charge on any atom is 0.138 e. The van der Waals surface area contributed by atoms with Gasteiger partial charge < -0.3 is 5.11 Å². The molecule has 0 aromatic carbocycles. The molecule has 0 spiro atoms. The molecule has 3 atom stereocenters. The van der Waals surface area contributed by atoms with Crippen LogP contribution < -0.4 is 0 Å². The summed E-state index contributed by atoms with van der Waals surface area (Å²) in [6, 6.07) is 0. The maximum absolute atomic E-state index is 12.3. The van der Waals surface area contributed by atoms with Gasteiger partial charge in [0.05, 0.1) is 6.10 Å². The lowest BCUT2D eigenvalue weighted by Crippen LogP contribution is -2.21. The number of ketones is 2. The summed E-state index contributed by atoms with van der Waals surface area (Å²) in [4.78, 5) is 23.3. The highest BCUT2D eigenvalue weighted by Gasteiger charge is 2.19. The van der Waals surface area contributed by atoms with Crippen molar-refractivity contribution in [1.82, 2.24) is 0 Å². The molecular weight excluding hydrogens is 324 g/mol. The van der Waals surface area contributed by atoms with Crippen LogP contribution in [0.25, 0.3) is 0 Å². The third-order valence-electron chi connectivity index (χ3n) is 4.51. The van der Waals surface area contributed by atoms with E-state index in [0.29, 0.717) is 17.9 Å². The van der Waals surface area contributed by atoms with Gasteiger partial charge in [-0.3, -0.25) is 9.59 Å². The summed E-state index contributed by atoms with van der Waals surface area (Å²) < 4.78 is 0. The first-order valence-electron chi connectivity index (χ1n) is 9.54. The van der Waals surface area contributed by atoms with Crippen LogP contribution in [-0.2, 0) is 9.59 Å². The number of Topliss-reactive ketones (excluding diaryl/α,β-unsaturated/α-hetero) is 2. The minimum Gasteiger partial charge on any atom is -0.388 e. The Morgan fingerprint density at radius 1 is 1.04 bits per heavy atom. The summed E-state index contributed by atoms with van der Waals surface area (Å²) in [6.07, 6.45) is 13.4. The highest BCUT2D eigenvalue weighted by molar-refractivity contribution is 5.81. The number of aliphatic hydroxyl groups is 1. The van der Waals surface area contributed by atoms with Crippen LogP contribution in [0.5, 0.6) is 0 Å². The second-order valence-corrected chi connectivity index (χ2v) is 7.29. The summed E-state index contributed by atoms with van der Waals surface area (Å²) in [5.41, 5.74) is 2.03. The summed E-state index contributed by atoms with van der Waals surface area (Å²) >= 11 is 0. The fraction of sp³-hybridized carbons (Fsp3) is 0.565. The van der Waals surface area contributed by atoms with E-state index in [4.69, 9.17) is 0 Å². The molecule has 0 saturated carbocycles.